The summed E-state index contributed by atoms with van der Waals surface area (Å²) < 4.78 is 63.2. The third-order valence-electron chi connectivity index (χ3n) is 5.10. The van der Waals surface area contributed by atoms with E-state index in [0.717, 1.165) is 23.5 Å². The molecule has 4 aromatic rings. The molecule has 2 unspecified atom stereocenters. The predicted molar refractivity (Wildman–Crippen MR) is 117 cm³/mol. The molecule has 0 radical (unpaired) electrons. The van der Waals surface area contributed by atoms with Gasteiger partial charge in [-0.1, -0.05) is 11.2 Å². The van der Waals surface area contributed by atoms with Crippen LogP contribution >= 0.6 is 11.3 Å². The number of aromatic amines is 1. The number of allylic oxidation sites excluding steroid dienone is 2. The van der Waals surface area contributed by atoms with Crippen molar-refractivity contribution in [3.05, 3.63) is 78.5 Å². The largest absolute Gasteiger partial charge is 0.355 e. The highest BCUT2D eigenvalue weighted by atomic mass is 32.2. The molecule has 0 amide bonds. The molecular formula is C21H14F2N4O4S2. The third-order valence-corrected chi connectivity index (χ3v) is 8.13. The molecule has 0 saturated carbocycles. The van der Waals surface area contributed by atoms with Gasteiger partial charge in [-0.2, -0.15) is 4.72 Å². The van der Waals surface area contributed by atoms with Gasteiger partial charge in [0.1, 0.15) is 15.7 Å². The quantitative estimate of drug-likeness (QED) is 0.397. The van der Waals surface area contributed by atoms with Gasteiger partial charge in [0.2, 0.25) is 11.5 Å². The number of halogens is 2. The van der Waals surface area contributed by atoms with Crippen molar-refractivity contribution in [3.8, 4) is 10.6 Å². The second-order valence-electron chi connectivity index (χ2n) is 7.18. The van der Waals surface area contributed by atoms with Crippen LogP contribution in [0.1, 0.15) is 10.4 Å². The molecule has 2 atom stereocenters. The Morgan fingerprint density at radius 1 is 1.24 bits per heavy atom. The Balaban J connectivity index is 1.49. The summed E-state index contributed by atoms with van der Waals surface area (Å²) in [6.07, 6.45) is 6.53. The van der Waals surface area contributed by atoms with E-state index in [0.29, 0.717) is 27.7 Å². The van der Waals surface area contributed by atoms with E-state index in [1.807, 2.05) is 0 Å². The first-order valence-electron chi connectivity index (χ1n) is 9.53. The fourth-order valence-corrected chi connectivity index (χ4v) is 6.01. The molecule has 1 aliphatic carbocycles. The second-order valence-corrected chi connectivity index (χ2v) is 10.2. The third kappa shape index (κ3) is 3.71. The first-order chi connectivity index (χ1) is 15.8. The Morgan fingerprint density at radius 2 is 2.09 bits per heavy atom. The molecule has 0 aromatic carbocycles. The van der Waals surface area contributed by atoms with Gasteiger partial charge in [0.15, 0.2) is 5.76 Å². The minimum absolute atomic E-state index is 0.0760. The van der Waals surface area contributed by atoms with Crippen molar-refractivity contribution in [1.29, 1.82) is 0 Å². The minimum Gasteiger partial charge on any atom is -0.355 e. The van der Waals surface area contributed by atoms with Gasteiger partial charge in [-0.15, -0.1) is 11.3 Å². The smallest absolute Gasteiger partial charge is 0.250 e. The highest BCUT2D eigenvalue weighted by Crippen LogP contribution is 2.35. The summed E-state index contributed by atoms with van der Waals surface area (Å²) in [5.74, 6) is -1.74. The van der Waals surface area contributed by atoms with Crippen molar-refractivity contribution < 1.29 is 26.5 Å². The second kappa shape index (κ2) is 7.83. The molecule has 8 nitrogen and oxygen atoms in total. The average Bonchev–Trinajstić information content (AvgIpc) is 3.55. The van der Waals surface area contributed by atoms with Crippen LogP contribution in [0.25, 0.3) is 21.7 Å². The molecule has 5 rings (SSSR count). The molecule has 0 aliphatic heterocycles. The van der Waals surface area contributed by atoms with Crippen molar-refractivity contribution >= 4 is 38.2 Å². The number of Topliss-reactive ketones (excluding diaryl/α,β-unsaturated/α-hetero) is 1. The first kappa shape index (κ1) is 21.4. The number of nitrogens with zero attached hydrogens (tertiary/aromatic N) is 2. The van der Waals surface area contributed by atoms with Crippen LogP contribution in [0.5, 0.6) is 0 Å². The Labute approximate surface area is 189 Å². The van der Waals surface area contributed by atoms with Gasteiger partial charge in [0.05, 0.1) is 17.1 Å². The van der Waals surface area contributed by atoms with Crippen LogP contribution in [0.4, 0.5) is 8.78 Å². The van der Waals surface area contributed by atoms with Crippen LogP contribution in [0.15, 0.2) is 81.7 Å². The summed E-state index contributed by atoms with van der Waals surface area (Å²) in [6, 6.07) is 5.84. The standard InChI is InChI=1S/C21H14F2N4O4S2/c22-12-3-5-17(27-33(29,30)18-6-4-16(32-18)15-7-9-26-31-15)21(23,10-12)19(28)14-11-25-20-13(14)2-1-8-24-20/h1-11,17,27H,(H,24,25). The maximum absolute atomic E-state index is 16.1. The zero-order valence-electron chi connectivity index (χ0n) is 16.5. The normalized spacial score (nSPS) is 20.8. The zero-order chi connectivity index (χ0) is 23.2. The van der Waals surface area contributed by atoms with Crippen LogP contribution in [-0.4, -0.2) is 41.0 Å². The van der Waals surface area contributed by atoms with Crippen molar-refractivity contribution in [2.24, 2.45) is 0 Å². The van der Waals surface area contributed by atoms with Gasteiger partial charge in [-0.25, -0.2) is 22.2 Å². The van der Waals surface area contributed by atoms with Crippen molar-refractivity contribution in [3.63, 3.8) is 0 Å². The molecule has 0 fully saturated rings. The van der Waals surface area contributed by atoms with Crippen LogP contribution in [-0.2, 0) is 10.0 Å². The summed E-state index contributed by atoms with van der Waals surface area (Å²) >= 11 is 0.876. The van der Waals surface area contributed by atoms with E-state index >= 15 is 4.39 Å². The van der Waals surface area contributed by atoms with Gasteiger partial charge in [0, 0.05) is 29.4 Å². The minimum atomic E-state index is -4.27. The highest BCUT2D eigenvalue weighted by molar-refractivity contribution is 7.91. The van der Waals surface area contributed by atoms with E-state index < -0.39 is 33.3 Å². The van der Waals surface area contributed by atoms with E-state index in [4.69, 9.17) is 4.52 Å². The number of hydrogen-bond acceptors (Lipinski definition) is 7. The summed E-state index contributed by atoms with van der Waals surface area (Å²) in [6.45, 7) is 0. The number of hydrogen-bond donors (Lipinski definition) is 2. The Bertz CT molecular complexity index is 1520. The van der Waals surface area contributed by atoms with Crippen LogP contribution < -0.4 is 4.72 Å². The number of ketones is 1. The first-order valence-corrected chi connectivity index (χ1v) is 11.8. The SMILES string of the molecule is O=C(c1c[nH]c2ncccc12)C1(F)C=C(F)C=CC1NS(=O)(=O)c1ccc(-c2ccno2)s1. The molecule has 4 aromatic heterocycles. The molecular weight excluding hydrogens is 474 g/mol. The molecule has 1 aliphatic rings. The van der Waals surface area contributed by atoms with Gasteiger partial charge in [0.25, 0.3) is 10.0 Å². The number of alkyl halides is 1. The Hall–Kier alpha value is -3.48. The fraction of sp³-hybridized carbons (Fsp3) is 0.0952. The Morgan fingerprint density at radius 3 is 2.88 bits per heavy atom. The predicted octanol–water partition coefficient (Wildman–Crippen LogP) is 3.94. The monoisotopic (exact) mass is 488 g/mol. The van der Waals surface area contributed by atoms with Crippen molar-refractivity contribution in [2.75, 3.05) is 0 Å². The molecule has 33 heavy (non-hydrogen) atoms. The van der Waals surface area contributed by atoms with Gasteiger partial charge in [-0.3, -0.25) is 4.79 Å². The number of thiophene rings is 1. The van der Waals surface area contributed by atoms with Gasteiger partial charge < -0.3 is 9.51 Å². The number of pyridine rings is 1. The lowest BCUT2D eigenvalue weighted by atomic mass is 9.85. The number of fused-ring (bicyclic) bond motifs is 1. The number of nitrogens with one attached hydrogen (secondary N) is 2. The summed E-state index contributed by atoms with van der Waals surface area (Å²) in [5, 5.41) is 3.91. The van der Waals surface area contributed by atoms with Crippen molar-refractivity contribution in [1.82, 2.24) is 19.8 Å². The van der Waals surface area contributed by atoms with Gasteiger partial charge >= 0.3 is 0 Å². The maximum Gasteiger partial charge on any atom is 0.250 e. The lowest BCUT2D eigenvalue weighted by molar-refractivity contribution is 0.0742. The van der Waals surface area contributed by atoms with E-state index in [9.17, 15) is 17.6 Å². The lowest BCUT2D eigenvalue weighted by Gasteiger charge is -2.30. The zero-order valence-corrected chi connectivity index (χ0v) is 18.2. The summed E-state index contributed by atoms with van der Waals surface area (Å²) in [4.78, 5) is 20.5. The maximum atomic E-state index is 16.1. The lowest BCUT2D eigenvalue weighted by Crippen LogP contribution is -2.53. The van der Waals surface area contributed by atoms with Crippen molar-refractivity contribution in [2.45, 2.75) is 15.9 Å². The number of sulfonamides is 1. The number of H-pyrrole nitrogens is 1. The molecule has 0 bridgehead atoms. The topological polar surface area (TPSA) is 118 Å². The summed E-state index contributed by atoms with van der Waals surface area (Å²) in [7, 11) is -4.27. The van der Waals surface area contributed by atoms with E-state index in [1.165, 1.54) is 30.7 Å². The number of carbonyl (C=O) groups excluding carboxylic acids is 1. The summed E-state index contributed by atoms with van der Waals surface area (Å²) in [5.41, 5.74) is -2.74. The van der Waals surface area contributed by atoms with Crippen LogP contribution in [0, 0.1) is 0 Å². The van der Waals surface area contributed by atoms with Gasteiger partial charge in [-0.05, 0) is 36.4 Å². The number of rotatable bonds is 6. The average molecular weight is 488 g/mol. The van der Waals surface area contributed by atoms with E-state index in [2.05, 4.69) is 19.8 Å². The molecule has 0 spiro atoms. The van der Waals surface area contributed by atoms with E-state index in [-0.39, 0.29) is 9.77 Å². The molecule has 12 heteroatoms. The fourth-order valence-electron chi connectivity index (χ4n) is 3.51. The number of aromatic nitrogens is 3. The highest BCUT2D eigenvalue weighted by Gasteiger charge is 2.48. The van der Waals surface area contributed by atoms with Crippen LogP contribution in [0.2, 0.25) is 0 Å². The van der Waals surface area contributed by atoms with E-state index in [1.54, 1.807) is 18.2 Å². The van der Waals surface area contributed by atoms with Crippen LogP contribution in [0.3, 0.4) is 0 Å². The molecule has 0 saturated heterocycles. The molecule has 4 heterocycles. The molecule has 2 N–H and O–H groups in total. The Kier molecular flexibility index (Phi) is 5.07. The number of carbonyl (C=O) groups is 1. The molecule has 168 valence electrons.